The summed E-state index contributed by atoms with van der Waals surface area (Å²) in [5.41, 5.74) is -1.23. The van der Waals surface area contributed by atoms with Gasteiger partial charge in [-0.2, -0.15) is 13.2 Å². The van der Waals surface area contributed by atoms with Crippen LogP contribution in [0.1, 0.15) is 25.0 Å². The molecule has 2 amide bonds. The Kier molecular flexibility index (Phi) is 7.01. The van der Waals surface area contributed by atoms with Gasteiger partial charge in [0, 0.05) is 0 Å². The van der Waals surface area contributed by atoms with Crippen molar-refractivity contribution in [1.82, 2.24) is 0 Å². The molecular weight excluding hydrogens is 463 g/mol. The number of aliphatic carboxylic acids is 1. The molecule has 1 N–H and O–H groups in total. The van der Waals surface area contributed by atoms with Crippen LogP contribution < -0.4 is 14.4 Å². The van der Waals surface area contributed by atoms with Crippen molar-refractivity contribution in [2.24, 2.45) is 0 Å². The molecule has 0 radical (unpaired) electrons. The number of hydrogen-bond donors (Lipinski definition) is 1. The second-order valence-electron chi connectivity index (χ2n) is 6.77. The summed E-state index contributed by atoms with van der Waals surface area (Å²) in [4.78, 5) is 36.7. The summed E-state index contributed by atoms with van der Waals surface area (Å²) in [6, 6.07) is 8.77. The standard InChI is InChI=1S/C22H18F3NO6S/c1-3-31-17-10-13(8-9-16(17)32-12(2)20(28)29)11-18-19(27)26(21(30)33-18)15-7-5-4-6-14(15)22(23,24)25/h4-12H,3H2,1-2H3,(H,28,29)/b18-11+. The molecule has 0 bridgehead atoms. The molecule has 33 heavy (non-hydrogen) atoms. The van der Waals surface area contributed by atoms with E-state index in [0.29, 0.717) is 22.2 Å². The van der Waals surface area contributed by atoms with Gasteiger partial charge in [0.05, 0.1) is 22.8 Å². The Hall–Kier alpha value is -3.47. The first-order valence-electron chi connectivity index (χ1n) is 9.63. The fourth-order valence-electron chi connectivity index (χ4n) is 2.96. The van der Waals surface area contributed by atoms with Crippen LogP contribution in [0.25, 0.3) is 6.08 Å². The Morgan fingerprint density at radius 1 is 1.18 bits per heavy atom. The molecule has 0 spiro atoms. The number of rotatable bonds is 7. The minimum Gasteiger partial charge on any atom is -0.490 e. The number of nitrogens with zero attached hydrogens (tertiary/aromatic N) is 1. The average Bonchev–Trinajstić information content (AvgIpc) is 3.02. The van der Waals surface area contributed by atoms with E-state index in [9.17, 15) is 27.6 Å². The fraction of sp³-hybridized carbons (Fsp3) is 0.227. The highest BCUT2D eigenvalue weighted by molar-refractivity contribution is 8.19. The summed E-state index contributed by atoms with van der Waals surface area (Å²) in [5.74, 6) is -1.69. The number of thioether (sulfide) groups is 1. The number of carbonyl (C=O) groups excluding carboxylic acids is 2. The van der Waals surface area contributed by atoms with E-state index >= 15 is 0 Å². The molecule has 2 aromatic carbocycles. The number of halogens is 3. The molecule has 7 nitrogen and oxygen atoms in total. The fourth-order valence-corrected chi connectivity index (χ4v) is 3.79. The summed E-state index contributed by atoms with van der Waals surface area (Å²) < 4.78 is 50.9. The number of hydrogen-bond acceptors (Lipinski definition) is 6. The van der Waals surface area contributed by atoms with E-state index in [1.165, 1.54) is 43.3 Å². The van der Waals surface area contributed by atoms with Gasteiger partial charge in [-0.15, -0.1) is 0 Å². The normalized spacial score (nSPS) is 16.3. The van der Waals surface area contributed by atoms with Crippen LogP contribution in [0.4, 0.5) is 23.7 Å². The first-order valence-corrected chi connectivity index (χ1v) is 10.4. The molecule has 174 valence electrons. The second kappa shape index (κ2) is 9.57. The van der Waals surface area contributed by atoms with Gasteiger partial charge < -0.3 is 14.6 Å². The van der Waals surface area contributed by atoms with Gasteiger partial charge >= 0.3 is 12.1 Å². The third-order valence-corrected chi connectivity index (χ3v) is 5.33. The lowest BCUT2D eigenvalue weighted by atomic mass is 10.1. The van der Waals surface area contributed by atoms with Gasteiger partial charge in [-0.25, -0.2) is 9.69 Å². The molecule has 3 rings (SSSR count). The van der Waals surface area contributed by atoms with Crippen LogP contribution in [-0.2, 0) is 15.8 Å². The molecule has 1 saturated heterocycles. The number of para-hydroxylation sites is 1. The van der Waals surface area contributed by atoms with Crippen LogP contribution in [0.2, 0.25) is 0 Å². The first-order chi connectivity index (χ1) is 15.5. The van der Waals surface area contributed by atoms with E-state index in [2.05, 4.69) is 0 Å². The van der Waals surface area contributed by atoms with Crippen molar-refractivity contribution in [3.63, 3.8) is 0 Å². The number of carboxylic acids is 1. The second-order valence-corrected chi connectivity index (χ2v) is 7.76. The number of carbonyl (C=O) groups is 3. The zero-order chi connectivity index (χ0) is 24.3. The molecule has 11 heteroatoms. The van der Waals surface area contributed by atoms with Crippen molar-refractivity contribution < 1.29 is 42.1 Å². The smallest absolute Gasteiger partial charge is 0.418 e. The molecule has 0 aromatic heterocycles. The number of amides is 2. The molecular formula is C22H18F3NO6S. The topological polar surface area (TPSA) is 93.1 Å². The van der Waals surface area contributed by atoms with E-state index in [4.69, 9.17) is 14.6 Å². The minimum absolute atomic E-state index is 0.0769. The summed E-state index contributed by atoms with van der Waals surface area (Å²) >= 11 is 0.510. The Bertz CT molecular complexity index is 1130. The SMILES string of the molecule is CCOc1cc(/C=C2/SC(=O)N(c3ccccc3C(F)(F)F)C2=O)ccc1OC(C)C(=O)O. The highest BCUT2D eigenvalue weighted by Crippen LogP contribution is 2.42. The van der Waals surface area contributed by atoms with Crippen molar-refractivity contribution in [3.8, 4) is 11.5 Å². The number of carboxylic acid groups (broad SMARTS) is 1. The summed E-state index contributed by atoms with van der Waals surface area (Å²) in [5, 5.41) is 8.17. The zero-order valence-electron chi connectivity index (χ0n) is 17.4. The van der Waals surface area contributed by atoms with Crippen molar-refractivity contribution >= 4 is 40.6 Å². The lowest BCUT2D eigenvalue weighted by Crippen LogP contribution is -2.30. The van der Waals surface area contributed by atoms with E-state index in [0.717, 1.165) is 12.1 Å². The van der Waals surface area contributed by atoms with Crippen molar-refractivity contribution in [2.45, 2.75) is 26.1 Å². The van der Waals surface area contributed by atoms with Gasteiger partial charge in [0.15, 0.2) is 17.6 Å². The predicted molar refractivity (Wildman–Crippen MR) is 115 cm³/mol. The molecule has 0 saturated carbocycles. The quantitative estimate of drug-likeness (QED) is 0.544. The van der Waals surface area contributed by atoms with Crippen LogP contribution >= 0.6 is 11.8 Å². The third-order valence-electron chi connectivity index (χ3n) is 4.46. The zero-order valence-corrected chi connectivity index (χ0v) is 18.2. The van der Waals surface area contributed by atoms with Crippen LogP contribution in [-0.4, -0.2) is 34.9 Å². The third kappa shape index (κ3) is 5.30. The average molecular weight is 481 g/mol. The van der Waals surface area contributed by atoms with Gasteiger partial charge in [0.1, 0.15) is 0 Å². The van der Waals surface area contributed by atoms with Gasteiger partial charge in [-0.05, 0) is 61.5 Å². The summed E-state index contributed by atoms with van der Waals surface area (Å²) in [6.07, 6.45) is -4.54. The molecule has 1 heterocycles. The summed E-state index contributed by atoms with van der Waals surface area (Å²) in [6.45, 7) is 3.30. The number of ether oxygens (including phenoxy) is 2. The predicted octanol–water partition coefficient (Wildman–Crippen LogP) is 5.20. The van der Waals surface area contributed by atoms with E-state index in [-0.39, 0.29) is 23.0 Å². The minimum atomic E-state index is -4.75. The maximum atomic E-state index is 13.4. The molecule has 2 aromatic rings. The lowest BCUT2D eigenvalue weighted by molar-refractivity contribution is -0.144. The monoisotopic (exact) mass is 481 g/mol. The van der Waals surface area contributed by atoms with Crippen LogP contribution in [0.15, 0.2) is 47.4 Å². The maximum Gasteiger partial charge on any atom is 0.418 e. The number of benzene rings is 2. The van der Waals surface area contributed by atoms with Gasteiger partial charge in [0.2, 0.25) is 0 Å². The van der Waals surface area contributed by atoms with Crippen molar-refractivity contribution in [2.75, 3.05) is 11.5 Å². The van der Waals surface area contributed by atoms with Crippen LogP contribution in [0.5, 0.6) is 11.5 Å². The number of anilines is 1. The largest absolute Gasteiger partial charge is 0.490 e. The van der Waals surface area contributed by atoms with E-state index in [1.807, 2.05) is 0 Å². The lowest BCUT2D eigenvalue weighted by Gasteiger charge is -2.18. The van der Waals surface area contributed by atoms with Gasteiger partial charge in [-0.1, -0.05) is 18.2 Å². The molecule has 0 aliphatic carbocycles. The Balaban J connectivity index is 1.94. The highest BCUT2D eigenvalue weighted by Gasteiger charge is 2.42. The Morgan fingerprint density at radius 3 is 2.52 bits per heavy atom. The maximum absolute atomic E-state index is 13.4. The van der Waals surface area contributed by atoms with Crippen molar-refractivity contribution in [3.05, 3.63) is 58.5 Å². The van der Waals surface area contributed by atoms with E-state index < -0.39 is 40.6 Å². The van der Waals surface area contributed by atoms with E-state index in [1.54, 1.807) is 6.92 Å². The highest BCUT2D eigenvalue weighted by atomic mass is 32.2. The Morgan fingerprint density at radius 2 is 1.88 bits per heavy atom. The number of imide groups is 1. The van der Waals surface area contributed by atoms with Crippen molar-refractivity contribution in [1.29, 1.82) is 0 Å². The molecule has 1 atom stereocenters. The number of alkyl halides is 3. The molecule has 1 aliphatic heterocycles. The van der Waals surface area contributed by atoms with Gasteiger partial charge in [0.25, 0.3) is 11.1 Å². The molecule has 1 unspecified atom stereocenters. The molecule has 1 fully saturated rings. The van der Waals surface area contributed by atoms with Gasteiger partial charge in [-0.3, -0.25) is 9.59 Å². The summed E-state index contributed by atoms with van der Waals surface area (Å²) in [7, 11) is 0. The Labute approximate surface area is 190 Å². The van der Waals surface area contributed by atoms with Crippen LogP contribution in [0, 0.1) is 0 Å². The van der Waals surface area contributed by atoms with Crippen LogP contribution in [0.3, 0.4) is 0 Å². The first kappa shape index (κ1) is 24.2. The molecule has 1 aliphatic rings.